The second kappa shape index (κ2) is 5.65. The van der Waals surface area contributed by atoms with Crippen LogP contribution in [0.3, 0.4) is 0 Å². The van der Waals surface area contributed by atoms with Crippen molar-refractivity contribution in [1.82, 2.24) is 0 Å². The highest BCUT2D eigenvalue weighted by atomic mass is 19.1. The summed E-state index contributed by atoms with van der Waals surface area (Å²) in [4.78, 5) is 12.4. The predicted octanol–water partition coefficient (Wildman–Crippen LogP) is 3.56. The van der Waals surface area contributed by atoms with E-state index in [-0.39, 0.29) is 17.5 Å². The molecule has 0 amide bonds. The van der Waals surface area contributed by atoms with Gasteiger partial charge < -0.3 is 9.84 Å². The standard InChI is InChI=1S/C16H19FO3/c1-11-13(6-3-7-14(11)17)16(15(19)20-2)9-4-5-12(18)8-10-16/h3,5-7,18H,4,8-10H2,1-2H3. The normalized spacial score (nSPS) is 22.9. The molecule has 0 aromatic heterocycles. The Bertz CT molecular complexity index is 551. The van der Waals surface area contributed by atoms with E-state index in [2.05, 4.69) is 0 Å². The number of carbonyl (C=O) groups is 1. The van der Waals surface area contributed by atoms with E-state index >= 15 is 0 Å². The van der Waals surface area contributed by atoms with Crippen molar-refractivity contribution in [2.75, 3.05) is 7.11 Å². The molecule has 108 valence electrons. The first kappa shape index (κ1) is 14.6. The molecule has 1 N–H and O–H groups in total. The molecule has 4 heteroatoms. The zero-order valence-corrected chi connectivity index (χ0v) is 11.8. The first-order valence-corrected chi connectivity index (χ1v) is 6.73. The second-order valence-electron chi connectivity index (χ2n) is 5.22. The maximum atomic E-state index is 13.8. The summed E-state index contributed by atoms with van der Waals surface area (Å²) in [5.41, 5.74) is 0.244. The summed E-state index contributed by atoms with van der Waals surface area (Å²) in [6.07, 6.45) is 3.61. The molecule has 1 unspecified atom stereocenters. The first-order valence-electron chi connectivity index (χ1n) is 6.73. The van der Waals surface area contributed by atoms with Gasteiger partial charge in [-0.15, -0.1) is 0 Å². The molecule has 0 heterocycles. The Hall–Kier alpha value is -1.84. The fraction of sp³-hybridized carbons (Fsp3) is 0.438. The lowest BCUT2D eigenvalue weighted by atomic mass is 9.72. The average molecular weight is 278 g/mol. The summed E-state index contributed by atoms with van der Waals surface area (Å²) >= 11 is 0. The van der Waals surface area contributed by atoms with Crippen LogP contribution in [0.25, 0.3) is 0 Å². The molecule has 1 aromatic rings. The minimum Gasteiger partial charge on any atom is -0.513 e. The van der Waals surface area contributed by atoms with Gasteiger partial charge in [0.05, 0.1) is 18.3 Å². The molecule has 0 spiro atoms. The van der Waals surface area contributed by atoms with E-state index in [1.807, 2.05) is 0 Å². The van der Waals surface area contributed by atoms with Crippen LogP contribution < -0.4 is 0 Å². The number of rotatable bonds is 2. The van der Waals surface area contributed by atoms with Crippen LogP contribution in [0.15, 0.2) is 30.0 Å². The van der Waals surface area contributed by atoms with E-state index in [9.17, 15) is 14.3 Å². The lowest BCUT2D eigenvalue weighted by Gasteiger charge is -2.31. The van der Waals surface area contributed by atoms with Gasteiger partial charge in [-0.25, -0.2) is 4.39 Å². The zero-order valence-electron chi connectivity index (χ0n) is 11.8. The predicted molar refractivity (Wildman–Crippen MR) is 74.0 cm³/mol. The molecule has 0 radical (unpaired) electrons. The topological polar surface area (TPSA) is 46.5 Å². The number of ether oxygens (including phenoxy) is 1. The fourth-order valence-corrected chi connectivity index (χ4v) is 2.96. The number of aliphatic hydroxyl groups is 1. The fourth-order valence-electron chi connectivity index (χ4n) is 2.96. The maximum absolute atomic E-state index is 13.8. The number of allylic oxidation sites excluding steroid dienone is 2. The SMILES string of the molecule is COC(=O)C1(c2cccc(F)c2C)CCC=C(O)CC1. The lowest BCUT2D eigenvalue weighted by Crippen LogP contribution is -2.37. The van der Waals surface area contributed by atoms with Crippen molar-refractivity contribution in [3.63, 3.8) is 0 Å². The van der Waals surface area contributed by atoms with Crippen LogP contribution >= 0.6 is 0 Å². The molecular formula is C16H19FO3. The molecule has 1 aromatic carbocycles. The third-order valence-corrected chi connectivity index (χ3v) is 4.12. The van der Waals surface area contributed by atoms with Gasteiger partial charge in [-0.1, -0.05) is 12.1 Å². The Kier molecular flexibility index (Phi) is 4.12. The van der Waals surface area contributed by atoms with Gasteiger partial charge >= 0.3 is 5.97 Å². The molecule has 1 aliphatic rings. The quantitative estimate of drug-likeness (QED) is 0.841. The minimum absolute atomic E-state index is 0.282. The van der Waals surface area contributed by atoms with Gasteiger partial charge in [0.15, 0.2) is 0 Å². The highest BCUT2D eigenvalue weighted by Gasteiger charge is 2.42. The number of benzene rings is 1. The number of hydrogen-bond acceptors (Lipinski definition) is 3. The van der Waals surface area contributed by atoms with Crippen molar-refractivity contribution in [3.8, 4) is 0 Å². The van der Waals surface area contributed by atoms with E-state index in [4.69, 9.17) is 4.74 Å². The molecule has 0 aliphatic heterocycles. The summed E-state index contributed by atoms with van der Waals surface area (Å²) in [5, 5.41) is 9.68. The average Bonchev–Trinajstić information content (AvgIpc) is 2.64. The van der Waals surface area contributed by atoms with Gasteiger partial charge in [0.1, 0.15) is 5.82 Å². The summed E-state index contributed by atoms with van der Waals surface area (Å²) in [7, 11) is 1.34. The number of hydrogen-bond donors (Lipinski definition) is 1. The van der Waals surface area contributed by atoms with Crippen molar-refractivity contribution >= 4 is 5.97 Å². The van der Waals surface area contributed by atoms with Gasteiger partial charge in [0, 0.05) is 6.42 Å². The Labute approximate surface area is 118 Å². The first-order chi connectivity index (χ1) is 9.51. The largest absolute Gasteiger partial charge is 0.513 e. The van der Waals surface area contributed by atoms with Crippen molar-refractivity contribution in [3.05, 3.63) is 47.0 Å². The highest BCUT2D eigenvalue weighted by molar-refractivity contribution is 5.83. The molecule has 2 rings (SSSR count). The molecular weight excluding hydrogens is 259 g/mol. The molecule has 0 fully saturated rings. The summed E-state index contributed by atoms with van der Waals surface area (Å²) < 4.78 is 18.8. The Balaban J connectivity index is 2.53. The van der Waals surface area contributed by atoms with Gasteiger partial charge in [-0.2, -0.15) is 0 Å². The molecule has 0 saturated heterocycles. The molecule has 1 atom stereocenters. The minimum atomic E-state index is -0.887. The van der Waals surface area contributed by atoms with Crippen molar-refractivity contribution in [1.29, 1.82) is 0 Å². The van der Waals surface area contributed by atoms with Gasteiger partial charge in [0.25, 0.3) is 0 Å². The van der Waals surface area contributed by atoms with Gasteiger partial charge in [-0.05, 0) is 49.5 Å². The van der Waals surface area contributed by atoms with E-state index in [0.29, 0.717) is 36.8 Å². The Morgan fingerprint density at radius 1 is 1.40 bits per heavy atom. The molecule has 20 heavy (non-hydrogen) atoms. The lowest BCUT2D eigenvalue weighted by molar-refractivity contribution is -0.148. The second-order valence-corrected chi connectivity index (χ2v) is 5.22. The number of esters is 1. The summed E-state index contributed by atoms with van der Waals surface area (Å²) in [5.74, 6) is -0.411. The van der Waals surface area contributed by atoms with Crippen molar-refractivity contribution in [2.45, 2.75) is 38.0 Å². The van der Waals surface area contributed by atoms with E-state index in [1.54, 1.807) is 25.1 Å². The van der Waals surface area contributed by atoms with Crippen LogP contribution in [0.4, 0.5) is 4.39 Å². The van der Waals surface area contributed by atoms with Crippen LogP contribution in [0.2, 0.25) is 0 Å². The zero-order chi connectivity index (χ0) is 14.8. The maximum Gasteiger partial charge on any atom is 0.316 e. The van der Waals surface area contributed by atoms with Gasteiger partial charge in [-0.3, -0.25) is 4.79 Å². The Morgan fingerprint density at radius 2 is 2.15 bits per heavy atom. The summed E-state index contributed by atoms with van der Waals surface area (Å²) in [6, 6.07) is 4.77. The number of halogens is 1. The van der Waals surface area contributed by atoms with Crippen LogP contribution in [-0.4, -0.2) is 18.2 Å². The molecule has 0 saturated carbocycles. The third kappa shape index (κ3) is 2.42. The van der Waals surface area contributed by atoms with E-state index < -0.39 is 5.41 Å². The molecule has 3 nitrogen and oxygen atoms in total. The van der Waals surface area contributed by atoms with Crippen LogP contribution in [-0.2, 0) is 14.9 Å². The number of aliphatic hydroxyl groups excluding tert-OH is 1. The van der Waals surface area contributed by atoms with E-state index in [0.717, 1.165) is 0 Å². The van der Waals surface area contributed by atoms with Crippen molar-refractivity contribution in [2.24, 2.45) is 0 Å². The van der Waals surface area contributed by atoms with Crippen LogP contribution in [0.1, 0.15) is 36.8 Å². The number of carbonyl (C=O) groups excluding carboxylic acids is 1. The number of methoxy groups -OCH3 is 1. The van der Waals surface area contributed by atoms with Crippen LogP contribution in [0, 0.1) is 12.7 Å². The Morgan fingerprint density at radius 3 is 2.85 bits per heavy atom. The molecule has 1 aliphatic carbocycles. The van der Waals surface area contributed by atoms with Gasteiger partial charge in [0.2, 0.25) is 0 Å². The summed E-state index contributed by atoms with van der Waals surface area (Å²) in [6.45, 7) is 1.67. The van der Waals surface area contributed by atoms with E-state index in [1.165, 1.54) is 13.2 Å². The van der Waals surface area contributed by atoms with Crippen LogP contribution in [0.5, 0.6) is 0 Å². The third-order valence-electron chi connectivity index (χ3n) is 4.12. The monoisotopic (exact) mass is 278 g/mol. The molecule has 0 bridgehead atoms. The smallest absolute Gasteiger partial charge is 0.316 e. The highest BCUT2D eigenvalue weighted by Crippen LogP contribution is 2.40. The van der Waals surface area contributed by atoms with Crippen molar-refractivity contribution < 1.29 is 19.0 Å².